The summed E-state index contributed by atoms with van der Waals surface area (Å²) >= 11 is 2.66. The number of hydrogen-bond donors (Lipinski definition) is 3. The van der Waals surface area contributed by atoms with Crippen LogP contribution in [0.1, 0.15) is 17.6 Å². The topological polar surface area (TPSA) is 123 Å². The highest BCUT2D eigenvalue weighted by atomic mass is 35.5. The normalized spacial score (nSPS) is 11.6. The lowest BCUT2D eigenvalue weighted by Gasteiger charge is -2.13. The zero-order valence-electron chi connectivity index (χ0n) is 16.3. The second kappa shape index (κ2) is 12.0. The average Bonchev–Trinajstić information content (AvgIpc) is 3.19. The monoisotopic (exact) mass is 471 g/mol. The number of aromatic nitrogens is 4. The Labute approximate surface area is 188 Å². The molecule has 0 radical (unpaired) electrons. The van der Waals surface area contributed by atoms with E-state index in [2.05, 4.69) is 24.6 Å². The average molecular weight is 472 g/mol. The fourth-order valence-corrected chi connectivity index (χ4v) is 3.64. The van der Waals surface area contributed by atoms with E-state index in [9.17, 15) is 5.11 Å². The van der Waals surface area contributed by atoms with Crippen LogP contribution >= 0.6 is 35.7 Å². The van der Waals surface area contributed by atoms with Crippen LogP contribution in [0.5, 0.6) is 11.5 Å². The molecule has 0 spiro atoms. The third kappa shape index (κ3) is 6.49. The van der Waals surface area contributed by atoms with E-state index >= 15 is 0 Å². The molecule has 1 atom stereocenters. The predicted octanol–water partition coefficient (Wildman–Crippen LogP) is 3.36. The van der Waals surface area contributed by atoms with Crippen LogP contribution in [0.2, 0.25) is 0 Å². The van der Waals surface area contributed by atoms with E-state index in [0.29, 0.717) is 29.1 Å². The lowest BCUT2D eigenvalue weighted by Crippen LogP contribution is -2.04. The molecule has 0 aliphatic carbocycles. The largest absolute Gasteiger partial charge is 0.452 e. The minimum Gasteiger partial charge on any atom is -0.452 e. The molecule has 1 unspecified atom stereocenters. The fourth-order valence-electron chi connectivity index (χ4n) is 2.22. The second-order valence-electron chi connectivity index (χ2n) is 5.83. The molecule has 0 aliphatic rings. The van der Waals surface area contributed by atoms with Crippen LogP contribution in [0.25, 0.3) is 0 Å². The molecule has 0 saturated carbocycles. The van der Waals surface area contributed by atoms with Crippen molar-refractivity contribution in [3.8, 4) is 11.5 Å². The van der Waals surface area contributed by atoms with E-state index in [1.165, 1.54) is 0 Å². The number of hydrogen-bond acceptors (Lipinski definition) is 11. The van der Waals surface area contributed by atoms with Crippen molar-refractivity contribution in [1.29, 1.82) is 0 Å². The summed E-state index contributed by atoms with van der Waals surface area (Å²) in [5.41, 5.74) is 0.750. The van der Waals surface area contributed by atoms with Crippen LogP contribution in [0.15, 0.2) is 35.5 Å². The van der Waals surface area contributed by atoms with Gasteiger partial charge in [0.25, 0.3) is 0 Å². The number of pyridine rings is 2. The third-order valence-corrected chi connectivity index (χ3v) is 5.27. The number of ether oxygens (including phenoxy) is 2. The molecule has 162 valence electrons. The van der Waals surface area contributed by atoms with Crippen LogP contribution in [0.3, 0.4) is 0 Å². The summed E-state index contributed by atoms with van der Waals surface area (Å²) in [6.07, 6.45) is 2.31. The van der Waals surface area contributed by atoms with Gasteiger partial charge in [0.2, 0.25) is 5.13 Å². The molecule has 0 aliphatic heterocycles. The van der Waals surface area contributed by atoms with Gasteiger partial charge in [-0.3, -0.25) is 4.98 Å². The van der Waals surface area contributed by atoms with Crippen LogP contribution in [-0.2, 0) is 4.74 Å². The van der Waals surface area contributed by atoms with Crippen molar-refractivity contribution in [2.24, 2.45) is 0 Å². The van der Waals surface area contributed by atoms with Crippen molar-refractivity contribution in [2.75, 3.05) is 31.4 Å². The maximum Gasteiger partial charge on any atom is 0.208 e. The van der Waals surface area contributed by atoms with E-state index in [1.54, 1.807) is 37.3 Å². The first-order valence-corrected chi connectivity index (χ1v) is 10.5. The van der Waals surface area contributed by atoms with Gasteiger partial charge in [0, 0.05) is 41.7 Å². The SMILES string of the molecule is COCCSc1cnc(Nc2nc(C(O)CO)ns2)c(Oc2cccnc2C)c1.Cl. The first-order valence-electron chi connectivity index (χ1n) is 8.71. The lowest BCUT2D eigenvalue weighted by atomic mass is 10.3. The zero-order valence-corrected chi connectivity index (χ0v) is 18.8. The Kier molecular flexibility index (Phi) is 9.69. The number of aliphatic hydroxyl groups excluding tert-OH is 2. The molecule has 3 aromatic rings. The number of aliphatic hydroxyl groups is 2. The van der Waals surface area contributed by atoms with Gasteiger partial charge in [-0.2, -0.15) is 4.37 Å². The standard InChI is InChI=1S/C18H21N5O4S2.ClH/c1-11-14(4-3-5-19-11)27-15-8-12(28-7-6-26-2)9-20-17(15)22-18-21-16(23-29-18)13(25)10-24;/h3-5,8-9,13,24-25H,6-7,10H2,1-2H3,(H,20,21,22,23);1H. The summed E-state index contributed by atoms with van der Waals surface area (Å²) in [4.78, 5) is 13.8. The van der Waals surface area contributed by atoms with Crippen molar-refractivity contribution in [1.82, 2.24) is 19.3 Å². The maximum absolute atomic E-state index is 9.67. The molecule has 0 amide bonds. The Morgan fingerprint density at radius 2 is 2.13 bits per heavy atom. The van der Waals surface area contributed by atoms with Crippen LogP contribution < -0.4 is 10.1 Å². The predicted molar refractivity (Wildman–Crippen MR) is 118 cm³/mol. The minimum atomic E-state index is -1.12. The van der Waals surface area contributed by atoms with Gasteiger partial charge in [0.15, 0.2) is 17.4 Å². The molecule has 3 aromatic heterocycles. The Balaban J connectivity index is 0.00000320. The number of halogens is 1. The molecule has 3 N–H and O–H groups in total. The van der Waals surface area contributed by atoms with E-state index in [4.69, 9.17) is 14.6 Å². The van der Waals surface area contributed by atoms with Gasteiger partial charge in [0.1, 0.15) is 11.9 Å². The number of nitrogens with zero attached hydrogens (tertiary/aromatic N) is 4. The number of thioether (sulfide) groups is 1. The molecule has 0 saturated heterocycles. The number of rotatable bonds is 10. The van der Waals surface area contributed by atoms with E-state index < -0.39 is 12.7 Å². The highest BCUT2D eigenvalue weighted by molar-refractivity contribution is 7.99. The molecule has 0 bridgehead atoms. The molecule has 12 heteroatoms. The van der Waals surface area contributed by atoms with Crippen molar-refractivity contribution in [3.63, 3.8) is 0 Å². The lowest BCUT2D eigenvalue weighted by molar-refractivity contribution is 0.0897. The number of anilines is 2. The van der Waals surface area contributed by atoms with Gasteiger partial charge in [-0.1, -0.05) is 0 Å². The molecule has 3 rings (SSSR count). The number of nitrogens with one attached hydrogen (secondary N) is 1. The minimum absolute atomic E-state index is 0. The molecule has 0 fully saturated rings. The van der Waals surface area contributed by atoms with Crippen molar-refractivity contribution in [3.05, 3.63) is 42.1 Å². The van der Waals surface area contributed by atoms with Gasteiger partial charge < -0.3 is 25.0 Å². The van der Waals surface area contributed by atoms with Crippen molar-refractivity contribution in [2.45, 2.75) is 17.9 Å². The van der Waals surface area contributed by atoms with Crippen LogP contribution in [0.4, 0.5) is 10.9 Å². The summed E-state index contributed by atoms with van der Waals surface area (Å²) < 4.78 is 15.2. The van der Waals surface area contributed by atoms with Crippen molar-refractivity contribution < 1.29 is 19.7 Å². The number of aryl methyl sites for hydroxylation is 1. The molecular weight excluding hydrogens is 450 g/mol. The summed E-state index contributed by atoms with van der Waals surface area (Å²) in [5.74, 6) is 2.51. The third-order valence-electron chi connectivity index (χ3n) is 3.70. The summed E-state index contributed by atoms with van der Waals surface area (Å²) in [5, 5.41) is 22.2. The Hall–Kier alpha value is -2.02. The van der Waals surface area contributed by atoms with Crippen LogP contribution in [-0.4, -0.2) is 55.6 Å². The van der Waals surface area contributed by atoms with E-state index in [0.717, 1.165) is 27.9 Å². The first kappa shape index (κ1) is 24.3. The molecule has 9 nitrogen and oxygen atoms in total. The zero-order chi connectivity index (χ0) is 20.6. The highest BCUT2D eigenvalue weighted by Crippen LogP contribution is 2.34. The molecule has 3 heterocycles. The van der Waals surface area contributed by atoms with Gasteiger partial charge in [-0.25, -0.2) is 9.97 Å². The summed E-state index contributed by atoms with van der Waals surface area (Å²) in [6, 6.07) is 5.51. The van der Waals surface area contributed by atoms with Gasteiger partial charge >= 0.3 is 0 Å². The highest BCUT2D eigenvalue weighted by Gasteiger charge is 2.16. The van der Waals surface area contributed by atoms with Crippen molar-refractivity contribution >= 4 is 46.7 Å². The summed E-state index contributed by atoms with van der Waals surface area (Å²) in [6.45, 7) is 2.04. The van der Waals surface area contributed by atoms with Gasteiger partial charge in [-0.05, 0) is 25.1 Å². The molecule has 0 aromatic carbocycles. The van der Waals surface area contributed by atoms with Crippen LogP contribution in [0, 0.1) is 6.92 Å². The summed E-state index contributed by atoms with van der Waals surface area (Å²) in [7, 11) is 1.66. The van der Waals surface area contributed by atoms with E-state index in [1.807, 2.05) is 19.1 Å². The van der Waals surface area contributed by atoms with E-state index in [-0.39, 0.29) is 18.2 Å². The first-order chi connectivity index (χ1) is 14.1. The maximum atomic E-state index is 9.67. The fraction of sp³-hybridized carbons (Fsp3) is 0.333. The Morgan fingerprint density at radius 1 is 1.30 bits per heavy atom. The smallest absolute Gasteiger partial charge is 0.208 e. The molecular formula is C18H22ClN5O4S2. The number of methoxy groups -OCH3 is 1. The van der Waals surface area contributed by atoms with Gasteiger partial charge in [0.05, 0.1) is 18.9 Å². The Morgan fingerprint density at radius 3 is 2.87 bits per heavy atom. The second-order valence-corrected chi connectivity index (χ2v) is 7.75. The van der Waals surface area contributed by atoms with Gasteiger partial charge in [-0.15, -0.1) is 24.2 Å². The quantitative estimate of drug-likeness (QED) is 0.299. The Bertz CT molecular complexity index is 946. The molecule has 30 heavy (non-hydrogen) atoms.